The van der Waals surface area contributed by atoms with E-state index in [9.17, 15) is 13.2 Å². The molecule has 2 heterocycles. The summed E-state index contributed by atoms with van der Waals surface area (Å²) < 4.78 is 25.2. The molecule has 3 aromatic rings. The number of nitrogens with one attached hydrogen (secondary N) is 1. The van der Waals surface area contributed by atoms with Crippen LogP contribution in [0.25, 0.3) is 5.69 Å². The molecule has 8 heteroatoms. The van der Waals surface area contributed by atoms with Gasteiger partial charge in [0.2, 0.25) is 5.91 Å². The number of hydrogen-bond acceptors (Lipinski definition) is 5. The number of nitrogens with zero attached hydrogens (tertiary/aromatic N) is 2. The number of aromatic nitrogens is 2. The quantitative estimate of drug-likeness (QED) is 0.757. The Morgan fingerprint density at radius 1 is 1.25 bits per heavy atom. The average molecular weight is 361 g/mol. The van der Waals surface area contributed by atoms with Gasteiger partial charge in [-0.15, -0.1) is 11.3 Å². The highest BCUT2D eigenvalue weighted by Crippen LogP contribution is 2.20. The monoisotopic (exact) mass is 361 g/mol. The zero-order valence-corrected chi connectivity index (χ0v) is 14.5. The standard InChI is InChI=1S/C16H15N3O3S2/c1-24(21,22)15-7-3-2-6-14(15)19-11-12(10-17-19)18-16(20)9-13-5-4-8-23-13/h2-8,10-11H,9H2,1H3,(H,18,20). The fourth-order valence-electron chi connectivity index (χ4n) is 2.26. The van der Waals surface area contributed by atoms with Gasteiger partial charge in [-0.05, 0) is 23.6 Å². The van der Waals surface area contributed by atoms with Gasteiger partial charge in [0, 0.05) is 11.1 Å². The number of anilines is 1. The molecule has 0 spiro atoms. The fourth-order valence-corrected chi connectivity index (χ4v) is 3.83. The van der Waals surface area contributed by atoms with Crippen molar-refractivity contribution in [2.75, 3.05) is 11.6 Å². The summed E-state index contributed by atoms with van der Waals surface area (Å²) in [5.74, 6) is -0.145. The van der Waals surface area contributed by atoms with E-state index in [1.54, 1.807) is 24.4 Å². The van der Waals surface area contributed by atoms with Gasteiger partial charge in [-0.1, -0.05) is 18.2 Å². The van der Waals surface area contributed by atoms with Crippen molar-refractivity contribution < 1.29 is 13.2 Å². The molecule has 1 N–H and O–H groups in total. The van der Waals surface area contributed by atoms with Gasteiger partial charge < -0.3 is 5.32 Å². The van der Waals surface area contributed by atoms with Crippen LogP contribution in [0.3, 0.4) is 0 Å². The number of carbonyl (C=O) groups excluding carboxylic acids is 1. The van der Waals surface area contributed by atoms with E-state index < -0.39 is 9.84 Å². The molecular weight excluding hydrogens is 346 g/mol. The maximum absolute atomic E-state index is 12.0. The Morgan fingerprint density at radius 3 is 2.75 bits per heavy atom. The lowest BCUT2D eigenvalue weighted by Gasteiger charge is -2.07. The van der Waals surface area contributed by atoms with E-state index in [1.807, 2.05) is 17.5 Å². The second-order valence-corrected chi connectivity index (χ2v) is 8.23. The highest BCUT2D eigenvalue weighted by Gasteiger charge is 2.15. The second kappa shape index (κ2) is 6.58. The van der Waals surface area contributed by atoms with Gasteiger partial charge in [0.05, 0.1) is 35.1 Å². The van der Waals surface area contributed by atoms with Gasteiger partial charge in [0.1, 0.15) is 0 Å². The SMILES string of the molecule is CS(=O)(=O)c1ccccc1-n1cc(NC(=O)Cc2cccs2)cn1. The number of thiophene rings is 1. The molecule has 0 aliphatic heterocycles. The summed E-state index contributed by atoms with van der Waals surface area (Å²) >= 11 is 1.52. The van der Waals surface area contributed by atoms with E-state index in [0.717, 1.165) is 11.1 Å². The minimum Gasteiger partial charge on any atom is -0.323 e. The Balaban J connectivity index is 1.80. The Kier molecular flexibility index (Phi) is 4.50. The highest BCUT2D eigenvalue weighted by molar-refractivity contribution is 7.90. The molecule has 0 bridgehead atoms. The van der Waals surface area contributed by atoms with Crippen LogP contribution in [0.1, 0.15) is 4.88 Å². The normalized spacial score (nSPS) is 11.4. The lowest BCUT2D eigenvalue weighted by Crippen LogP contribution is -2.13. The Hall–Kier alpha value is -2.45. The molecule has 0 unspecified atom stereocenters. The van der Waals surface area contributed by atoms with Gasteiger partial charge in [0.25, 0.3) is 0 Å². The summed E-state index contributed by atoms with van der Waals surface area (Å²) in [6, 6.07) is 10.4. The number of sulfone groups is 1. The van der Waals surface area contributed by atoms with Crippen molar-refractivity contribution in [1.29, 1.82) is 0 Å². The van der Waals surface area contributed by atoms with Crippen LogP contribution in [0.4, 0.5) is 5.69 Å². The fraction of sp³-hybridized carbons (Fsp3) is 0.125. The maximum atomic E-state index is 12.0. The van der Waals surface area contributed by atoms with Gasteiger partial charge >= 0.3 is 0 Å². The second-order valence-electron chi connectivity index (χ2n) is 5.22. The maximum Gasteiger partial charge on any atom is 0.229 e. The minimum absolute atomic E-state index is 0.145. The lowest BCUT2D eigenvalue weighted by atomic mass is 10.3. The van der Waals surface area contributed by atoms with Gasteiger partial charge in [-0.25, -0.2) is 13.1 Å². The molecule has 24 heavy (non-hydrogen) atoms. The number of carbonyl (C=O) groups is 1. The molecule has 0 fully saturated rings. The molecule has 0 saturated carbocycles. The summed E-state index contributed by atoms with van der Waals surface area (Å²) in [5, 5.41) is 8.83. The van der Waals surface area contributed by atoms with Crippen LogP contribution in [0, 0.1) is 0 Å². The third kappa shape index (κ3) is 3.72. The first kappa shape index (κ1) is 16.4. The molecule has 2 aromatic heterocycles. The average Bonchev–Trinajstić information content (AvgIpc) is 3.18. The van der Waals surface area contributed by atoms with Crippen LogP contribution in [0.5, 0.6) is 0 Å². The summed E-state index contributed by atoms with van der Waals surface area (Å²) in [4.78, 5) is 13.2. The number of para-hydroxylation sites is 1. The third-order valence-electron chi connectivity index (χ3n) is 3.29. The summed E-state index contributed by atoms with van der Waals surface area (Å²) in [7, 11) is -3.38. The molecule has 0 radical (unpaired) electrons. The summed E-state index contributed by atoms with van der Waals surface area (Å²) in [5.41, 5.74) is 0.957. The number of benzene rings is 1. The zero-order valence-electron chi connectivity index (χ0n) is 12.8. The van der Waals surface area contributed by atoms with Gasteiger partial charge in [-0.3, -0.25) is 4.79 Å². The molecule has 1 amide bonds. The van der Waals surface area contributed by atoms with Crippen molar-refractivity contribution in [3.05, 3.63) is 59.0 Å². The molecule has 0 aliphatic carbocycles. The molecule has 1 aromatic carbocycles. The lowest BCUT2D eigenvalue weighted by molar-refractivity contribution is -0.115. The molecule has 6 nitrogen and oxygen atoms in total. The van der Waals surface area contributed by atoms with Crippen molar-refractivity contribution >= 4 is 32.8 Å². The van der Waals surface area contributed by atoms with Crippen molar-refractivity contribution in [1.82, 2.24) is 9.78 Å². The van der Waals surface area contributed by atoms with Crippen molar-refractivity contribution in [2.45, 2.75) is 11.3 Å². The van der Waals surface area contributed by atoms with E-state index in [0.29, 0.717) is 17.8 Å². The number of amides is 1. The largest absolute Gasteiger partial charge is 0.323 e. The van der Waals surface area contributed by atoms with Gasteiger partial charge in [0.15, 0.2) is 9.84 Å². The van der Waals surface area contributed by atoms with E-state index in [4.69, 9.17) is 0 Å². The first-order chi connectivity index (χ1) is 11.4. The molecule has 124 valence electrons. The van der Waals surface area contributed by atoms with Crippen LogP contribution in [-0.4, -0.2) is 30.4 Å². The molecule has 0 aliphatic rings. The van der Waals surface area contributed by atoms with Crippen LogP contribution in [-0.2, 0) is 21.1 Å². The van der Waals surface area contributed by atoms with E-state index in [-0.39, 0.29) is 10.8 Å². The number of hydrogen-bond donors (Lipinski definition) is 1. The Labute approximate surface area is 143 Å². The topological polar surface area (TPSA) is 81.1 Å². The molecule has 3 rings (SSSR count). The smallest absolute Gasteiger partial charge is 0.229 e. The first-order valence-corrected chi connectivity index (χ1v) is 9.87. The zero-order chi connectivity index (χ0) is 17.2. The summed E-state index contributed by atoms with van der Waals surface area (Å²) in [6.45, 7) is 0. The van der Waals surface area contributed by atoms with Crippen molar-refractivity contribution in [3.63, 3.8) is 0 Å². The highest BCUT2D eigenvalue weighted by atomic mass is 32.2. The van der Waals surface area contributed by atoms with E-state index in [1.165, 1.54) is 28.3 Å². The predicted octanol–water partition coefficient (Wildman–Crippen LogP) is 2.52. The third-order valence-corrected chi connectivity index (χ3v) is 5.31. The predicted molar refractivity (Wildman–Crippen MR) is 93.3 cm³/mol. The Bertz CT molecular complexity index is 960. The van der Waals surface area contributed by atoms with Crippen molar-refractivity contribution in [3.8, 4) is 5.69 Å². The van der Waals surface area contributed by atoms with Crippen LogP contribution in [0.2, 0.25) is 0 Å². The molecule has 0 atom stereocenters. The minimum atomic E-state index is -3.38. The van der Waals surface area contributed by atoms with Gasteiger partial charge in [-0.2, -0.15) is 5.10 Å². The number of rotatable bonds is 5. The van der Waals surface area contributed by atoms with E-state index in [2.05, 4.69) is 10.4 Å². The first-order valence-electron chi connectivity index (χ1n) is 7.10. The van der Waals surface area contributed by atoms with Crippen molar-refractivity contribution in [2.24, 2.45) is 0 Å². The Morgan fingerprint density at radius 2 is 2.04 bits per heavy atom. The van der Waals surface area contributed by atoms with Crippen LogP contribution < -0.4 is 5.32 Å². The molecule has 0 saturated heterocycles. The molecular formula is C16H15N3O3S2. The van der Waals surface area contributed by atoms with Crippen LogP contribution >= 0.6 is 11.3 Å². The van der Waals surface area contributed by atoms with Crippen LogP contribution in [0.15, 0.2) is 59.1 Å². The van der Waals surface area contributed by atoms with E-state index >= 15 is 0 Å². The summed E-state index contributed by atoms with van der Waals surface area (Å²) in [6.07, 6.45) is 4.53.